The minimum absolute atomic E-state index is 0.0678. The maximum atomic E-state index is 13.4. The molecule has 6 N–H and O–H groups in total. The van der Waals surface area contributed by atoms with E-state index >= 15 is 0 Å². The van der Waals surface area contributed by atoms with Gasteiger partial charge in [0.15, 0.2) is 50.9 Å². The largest absolute Gasteiger partial charge is 0.504 e. The van der Waals surface area contributed by atoms with Crippen molar-refractivity contribution in [2.45, 2.75) is 66.2 Å². The first-order valence-electron chi connectivity index (χ1n) is 24.0. The lowest BCUT2D eigenvalue weighted by Gasteiger charge is -2.13. The molecule has 0 aliphatic rings. The lowest BCUT2D eigenvalue weighted by atomic mass is 10.1. The minimum Gasteiger partial charge on any atom is -0.504 e. The Balaban J connectivity index is 0.934. The predicted octanol–water partition coefficient (Wildman–Crippen LogP) is 12.2. The molecule has 9 aromatic rings. The maximum Gasteiger partial charge on any atom is 0.316 e. The number of carbonyl (C=O) groups excluding carboxylic acids is 2. The summed E-state index contributed by atoms with van der Waals surface area (Å²) in [5, 5.41) is 43.3. The highest BCUT2D eigenvalue weighted by molar-refractivity contribution is 7.82. The van der Waals surface area contributed by atoms with E-state index in [1.54, 1.807) is 48.5 Å². The lowest BCUT2D eigenvalue weighted by Crippen LogP contribution is -2.12. The minimum atomic E-state index is -1.97. The van der Waals surface area contributed by atoms with Crippen molar-refractivity contribution in [1.29, 1.82) is 0 Å². The molecule has 21 nitrogen and oxygen atoms in total. The summed E-state index contributed by atoms with van der Waals surface area (Å²) in [6.45, 7) is 7.28. The summed E-state index contributed by atoms with van der Waals surface area (Å²) in [4.78, 5) is 27.0. The Kier molecular flexibility index (Phi) is 15.9. The predicted molar refractivity (Wildman–Crippen MR) is 289 cm³/mol. The number of aromatic nitrogens is 7. The molecule has 5 aromatic carbocycles. The number of aromatic amines is 1. The van der Waals surface area contributed by atoms with Crippen molar-refractivity contribution in [2.75, 3.05) is 34.4 Å². The Morgan fingerprint density at radius 3 is 2.36 bits per heavy atom. The molecule has 0 aliphatic heterocycles. The fourth-order valence-electron chi connectivity index (χ4n) is 7.90. The number of H-pyrrole nitrogens is 1. The van der Waals surface area contributed by atoms with Gasteiger partial charge in [-0.2, -0.15) is 13.7 Å². The molecule has 386 valence electrons. The van der Waals surface area contributed by atoms with Gasteiger partial charge in [-0.05, 0) is 97.2 Å². The van der Waals surface area contributed by atoms with Gasteiger partial charge in [0.05, 0.1) is 60.1 Å². The van der Waals surface area contributed by atoms with Gasteiger partial charge in [0, 0.05) is 30.5 Å². The van der Waals surface area contributed by atoms with Gasteiger partial charge in [0.25, 0.3) is 5.88 Å². The van der Waals surface area contributed by atoms with E-state index in [0.29, 0.717) is 79.9 Å². The summed E-state index contributed by atoms with van der Waals surface area (Å²) in [5.74, 6) is 1.33. The number of phenols is 1. The van der Waals surface area contributed by atoms with Crippen LogP contribution in [0.5, 0.6) is 34.6 Å². The number of ether oxygens (including phenoxy) is 3. The number of aryl methyl sites for hydroxylation is 1. The SMILES string of the molecule is CCCCCCCCOc1ccc(C)cc1OS(=O)Nc1cccc(-c2nn3nc(Oc4ccccc4OC)c(-n4cc(Nc5ccc6c(N=Nc7cc(NC(C)=O)c(O)c(NC(C)=O)c7)snc6c5)cn4)c3[nH]2)c1. The van der Waals surface area contributed by atoms with E-state index in [9.17, 15) is 18.9 Å². The Bertz CT molecular complexity index is 3530. The van der Waals surface area contributed by atoms with Gasteiger partial charge in [-0.15, -0.1) is 25.1 Å². The lowest BCUT2D eigenvalue weighted by molar-refractivity contribution is -0.115. The molecule has 0 bridgehead atoms. The van der Waals surface area contributed by atoms with Crippen molar-refractivity contribution in [1.82, 2.24) is 34.0 Å². The van der Waals surface area contributed by atoms with Crippen LogP contribution < -0.4 is 39.1 Å². The molecule has 0 aliphatic carbocycles. The van der Waals surface area contributed by atoms with Crippen LogP contribution in [0.15, 0.2) is 120 Å². The van der Waals surface area contributed by atoms with Gasteiger partial charge in [-0.1, -0.05) is 69.4 Å². The first-order valence-corrected chi connectivity index (χ1v) is 25.8. The first kappa shape index (κ1) is 51.1. The van der Waals surface area contributed by atoms with Gasteiger partial charge in [-0.3, -0.25) is 14.3 Å². The van der Waals surface area contributed by atoms with Crippen LogP contribution in [-0.2, 0) is 20.9 Å². The summed E-state index contributed by atoms with van der Waals surface area (Å²) in [6, 6.07) is 28.5. The third-order valence-corrected chi connectivity index (χ3v) is 12.9. The van der Waals surface area contributed by atoms with Gasteiger partial charge in [0.2, 0.25) is 11.8 Å². The smallest absolute Gasteiger partial charge is 0.316 e. The zero-order valence-electron chi connectivity index (χ0n) is 41.5. The fourth-order valence-corrected chi connectivity index (χ4v) is 9.24. The average molecular weight is 1050 g/mol. The van der Waals surface area contributed by atoms with Crippen molar-refractivity contribution in [2.24, 2.45) is 10.2 Å². The number of phenolic OH excluding ortho intramolecular Hbond substituents is 1. The number of carbonyl (C=O) groups is 2. The summed E-state index contributed by atoms with van der Waals surface area (Å²) in [6.07, 6.45) is 10.3. The van der Waals surface area contributed by atoms with Gasteiger partial charge < -0.3 is 44.4 Å². The first-order chi connectivity index (χ1) is 36.4. The van der Waals surface area contributed by atoms with Crippen molar-refractivity contribution in [3.63, 3.8) is 0 Å². The Hall–Kier alpha value is -8.83. The van der Waals surface area contributed by atoms with Crippen LogP contribution in [0.25, 0.3) is 33.6 Å². The number of aromatic hydroxyl groups is 1. The number of rotatable bonds is 23. The number of azo groups is 1. The molecular formula is C52H53N13O8S2. The average Bonchev–Trinajstić information content (AvgIpc) is 4.20. The zero-order valence-corrected chi connectivity index (χ0v) is 43.2. The topological polar surface area (TPSA) is 258 Å². The second kappa shape index (κ2) is 23.4. The number of anilines is 5. The highest BCUT2D eigenvalue weighted by atomic mass is 32.2. The summed E-state index contributed by atoms with van der Waals surface area (Å²) in [7, 11) is 1.56. The zero-order chi connectivity index (χ0) is 52.4. The molecule has 23 heteroatoms. The number of nitrogens with one attached hydrogen (secondary N) is 5. The normalized spacial score (nSPS) is 11.7. The number of hydrogen-bond acceptors (Lipinski definition) is 16. The number of unbranched alkanes of at least 4 members (excludes halogenated alkanes) is 5. The van der Waals surface area contributed by atoms with Crippen LogP contribution in [0.4, 0.5) is 39.1 Å². The molecule has 1 unspecified atom stereocenters. The van der Waals surface area contributed by atoms with Crippen LogP contribution in [-0.4, -0.2) is 68.8 Å². The van der Waals surface area contributed by atoms with Gasteiger partial charge in [0.1, 0.15) is 0 Å². The van der Waals surface area contributed by atoms with Crippen LogP contribution in [0, 0.1) is 6.92 Å². The van der Waals surface area contributed by atoms with Crippen LogP contribution >= 0.6 is 11.5 Å². The molecule has 0 radical (unpaired) electrons. The number of methoxy groups -OCH3 is 1. The molecule has 4 heterocycles. The van der Waals surface area contributed by atoms with E-state index in [0.717, 1.165) is 35.3 Å². The molecule has 0 fully saturated rings. The third kappa shape index (κ3) is 12.5. The summed E-state index contributed by atoms with van der Waals surface area (Å²) >= 11 is -0.835. The van der Waals surface area contributed by atoms with E-state index in [1.165, 1.54) is 56.3 Å². The maximum absolute atomic E-state index is 13.4. The van der Waals surface area contributed by atoms with Crippen molar-refractivity contribution >= 4 is 90.3 Å². The van der Waals surface area contributed by atoms with E-state index in [4.69, 9.17) is 33.7 Å². The molecular weight excluding hydrogens is 999 g/mol. The molecule has 0 saturated heterocycles. The number of hydrogen-bond donors (Lipinski definition) is 6. The summed E-state index contributed by atoms with van der Waals surface area (Å²) < 4.78 is 47.9. The highest BCUT2D eigenvalue weighted by Crippen LogP contribution is 2.40. The number of fused-ring (bicyclic) bond motifs is 2. The molecule has 75 heavy (non-hydrogen) atoms. The third-order valence-electron chi connectivity index (χ3n) is 11.4. The number of nitrogens with zero attached hydrogens (tertiary/aromatic N) is 8. The monoisotopic (exact) mass is 1050 g/mol. The molecule has 1 atom stereocenters. The summed E-state index contributed by atoms with van der Waals surface area (Å²) in [5.41, 5.74) is 5.41. The van der Waals surface area contributed by atoms with E-state index < -0.39 is 23.1 Å². The standard InChI is InChI=1S/C52H53N13O8S2/c1-6-7-8-9-10-13-23-71-44-22-19-31(2)24-46(44)73-75(69)63-36-16-14-15-34(25-36)49-57-50-47(51(61-65(50)60-49)72-45-18-12-11-17-43(45)70-5)64-30-38(29-53-64)56-35-20-21-39-40(26-35)62-74-52(39)59-58-37-27-41(54-32(3)66)48(68)42(28-37)55-33(4)67/h11-12,14-22,24-30,56,63,68H,6-10,13,23H2,1-5H3,(H,54,66)(H,55,67)(H,57,60). The van der Waals surface area contributed by atoms with E-state index in [-0.39, 0.29) is 28.7 Å². The van der Waals surface area contributed by atoms with Crippen molar-refractivity contribution < 1.29 is 37.3 Å². The fraction of sp³-hybridized carbons (Fsp3) is 0.231. The van der Waals surface area contributed by atoms with Crippen LogP contribution in [0.2, 0.25) is 0 Å². The molecule has 0 spiro atoms. The van der Waals surface area contributed by atoms with E-state index in [2.05, 4.69) is 47.2 Å². The molecule has 2 amide bonds. The number of amides is 2. The van der Waals surface area contributed by atoms with Gasteiger partial charge >= 0.3 is 11.3 Å². The second-order valence-corrected chi connectivity index (χ2v) is 18.8. The number of para-hydroxylation sites is 2. The van der Waals surface area contributed by atoms with Gasteiger partial charge in [-0.25, -0.2) is 4.68 Å². The van der Waals surface area contributed by atoms with E-state index in [1.807, 2.05) is 67.6 Å². The van der Waals surface area contributed by atoms with Crippen LogP contribution in [0.1, 0.15) is 64.9 Å². The van der Waals surface area contributed by atoms with Crippen molar-refractivity contribution in [3.8, 4) is 51.7 Å². The molecule has 9 rings (SSSR count). The Morgan fingerprint density at radius 1 is 0.813 bits per heavy atom. The Morgan fingerprint density at radius 2 is 1.59 bits per heavy atom. The van der Waals surface area contributed by atoms with Crippen LogP contribution in [0.3, 0.4) is 0 Å². The molecule has 0 saturated carbocycles. The highest BCUT2D eigenvalue weighted by Gasteiger charge is 2.24. The number of benzene rings is 5. The quantitative estimate of drug-likeness (QED) is 0.0198. The molecule has 4 aromatic heterocycles. The second-order valence-electron chi connectivity index (χ2n) is 17.3. The van der Waals surface area contributed by atoms with Crippen molar-refractivity contribution in [3.05, 3.63) is 115 Å². The Labute approximate surface area is 437 Å².